The van der Waals surface area contributed by atoms with E-state index in [9.17, 15) is 4.39 Å². The third-order valence-corrected chi connectivity index (χ3v) is 3.01. The van der Waals surface area contributed by atoms with Crippen molar-refractivity contribution < 1.29 is 4.39 Å². The van der Waals surface area contributed by atoms with Crippen LogP contribution in [-0.4, -0.2) is 31.1 Å². The largest absolute Gasteiger partial charge is 0.315 e. The number of nitriles is 1. The maximum absolute atomic E-state index is 13.7. The highest BCUT2D eigenvalue weighted by Crippen LogP contribution is 2.13. The third-order valence-electron chi connectivity index (χ3n) is 3.01. The third kappa shape index (κ3) is 3.26. The van der Waals surface area contributed by atoms with Crippen molar-refractivity contribution in [2.45, 2.75) is 13.0 Å². The summed E-state index contributed by atoms with van der Waals surface area (Å²) in [6.45, 7) is 4.55. The molecule has 0 aromatic heterocycles. The molecular formula is C13H16FN3. The van der Waals surface area contributed by atoms with E-state index >= 15 is 0 Å². The number of nitrogens with one attached hydrogen (secondary N) is 1. The zero-order chi connectivity index (χ0) is 12.1. The standard InChI is InChI=1S/C13H16FN3/c14-13-8-11(9-15)2-3-12(13)10-17-6-1-4-16-5-7-17/h2-3,8,16H,1,4-7,10H2. The molecule has 0 spiro atoms. The summed E-state index contributed by atoms with van der Waals surface area (Å²) in [6.07, 6.45) is 1.10. The summed E-state index contributed by atoms with van der Waals surface area (Å²) in [5, 5.41) is 12.0. The van der Waals surface area contributed by atoms with E-state index in [-0.39, 0.29) is 5.82 Å². The van der Waals surface area contributed by atoms with Gasteiger partial charge in [0, 0.05) is 25.2 Å². The van der Waals surface area contributed by atoms with Crippen LogP contribution in [0.3, 0.4) is 0 Å². The second-order valence-electron chi connectivity index (χ2n) is 4.30. The monoisotopic (exact) mass is 233 g/mol. The molecule has 17 heavy (non-hydrogen) atoms. The van der Waals surface area contributed by atoms with Gasteiger partial charge in [-0.25, -0.2) is 4.39 Å². The van der Waals surface area contributed by atoms with Crippen LogP contribution in [0.2, 0.25) is 0 Å². The van der Waals surface area contributed by atoms with Crippen molar-refractivity contribution >= 4 is 0 Å². The second kappa shape index (κ2) is 5.76. The molecular weight excluding hydrogens is 217 g/mol. The molecule has 3 nitrogen and oxygen atoms in total. The first-order chi connectivity index (χ1) is 8.29. The zero-order valence-corrected chi connectivity index (χ0v) is 9.75. The van der Waals surface area contributed by atoms with Gasteiger partial charge in [0.2, 0.25) is 0 Å². The first-order valence-corrected chi connectivity index (χ1v) is 5.91. The molecule has 1 saturated heterocycles. The van der Waals surface area contributed by atoms with Crippen LogP contribution < -0.4 is 5.32 Å². The van der Waals surface area contributed by atoms with Crippen LogP contribution in [0.5, 0.6) is 0 Å². The van der Waals surface area contributed by atoms with Crippen molar-refractivity contribution in [3.05, 3.63) is 35.1 Å². The fourth-order valence-electron chi connectivity index (χ4n) is 2.05. The van der Waals surface area contributed by atoms with Gasteiger partial charge in [0.1, 0.15) is 5.82 Å². The van der Waals surface area contributed by atoms with Crippen LogP contribution in [0, 0.1) is 17.1 Å². The molecule has 2 rings (SSSR count). The number of halogens is 1. The Hall–Kier alpha value is -1.44. The minimum absolute atomic E-state index is 0.277. The molecule has 0 saturated carbocycles. The second-order valence-corrected chi connectivity index (χ2v) is 4.30. The van der Waals surface area contributed by atoms with Gasteiger partial charge in [-0.2, -0.15) is 5.26 Å². The zero-order valence-electron chi connectivity index (χ0n) is 9.75. The van der Waals surface area contributed by atoms with Gasteiger partial charge in [0.05, 0.1) is 11.6 Å². The van der Waals surface area contributed by atoms with Crippen molar-refractivity contribution in [3.8, 4) is 6.07 Å². The molecule has 1 fully saturated rings. The van der Waals surface area contributed by atoms with Crippen molar-refractivity contribution in [2.24, 2.45) is 0 Å². The number of hydrogen-bond donors (Lipinski definition) is 1. The van der Waals surface area contributed by atoms with E-state index < -0.39 is 0 Å². The highest BCUT2D eigenvalue weighted by atomic mass is 19.1. The van der Waals surface area contributed by atoms with Crippen molar-refractivity contribution in [1.82, 2.24) is 10.2 Å². The molecule has 0 aliphatic carbocycles. The molecule has 90 valence electrons. The molecule has 0 unspecified atom stereocenters. The summed E-state index contributed by atoms with van der Waals surface area (Å²) >= 11 is 0. The lowest BCUT2D eigenvalue weighted by Gasteiger charge is -2.19. The predicted octanol–water partition coefficient (Wildman–Crippen LogP) is 1.49. The normalized spacial score (nSPS) is 17.4. The molecule has 1 aromatic carbocycles. The maximum Gasteiger partial charge on any atom is 0.129 e. The lowest BCUT2D eigenvalue weighted by Crippen LogP contribution is -2.28. The minimum Gasteiger partial charge on any atom is -0.315 e. The Morgan fingerprint density at radius 3 is 3.00 bits per heavy atom. The van der Waals surface area contributed by atoms with Gasteiger partial charge in [0.15, 0.2) is 0 Å². The van der Waals surface area contributed by atoms with Crippen LogP contribution in [0.1, 0.15) is 17.5 Å². The van der Waals surface area contributed by atoms with Gasteiger partial charge in [-0.1, -0.05) is 6.07 Å². The predicted molar refractivity (Wildman–Crippen MR) is 63.9 cm³/mol. The van der Waals surface area contributed by atoms with Gasteiger partial charge in [-0.3, -0.25) is 4.90 Å². The van der Waals surface area contributed by atoms with Gasteiger partial charge in [-0.05, 0) is 31.6 Å². The molecule has 1 aliphatic heterocycles. The van der Waals surface area contributed by atoms with Crippen LogP contribution in [0.25, 0.3) is 0 Å². The van der Waals surface area contributed by atoms with Gasteiger partial charge in [0.25, 0.3) is 0 Å². The Morgan fingerprint density at radius 2 is 2.24 bits per heavy atom. The molecule has 4 heteroatoms. The van der Waals surface area contributed by atoms with Gasteiger partial charge in [-0.15, -0.1) is 0 Å². The molecule has 0 bridgehead atoms. The van der Waals surface area contributed by atoms with Crippen molar-refractivity contribution in [1.29, 1.82) is 5.26 Å². The Morgan fingerprint density at radius 1 is 1.35 bits per heavy atom. The average Bonchev–Trinajstić information content (AvgIpc) is 2.60. The summed E-state index contributed by atoms with van der Waals surface area (Å²) in [7, 11) is 0. The molecule has 0 radical (unpaired) electrons. The first kappa shape index (κ1) is 12.0. The Kier molecular flexibility index (Phi) is 4.08. The van der Waals surface area contributed by atoms with Crippen molar-refractivity contribution in [3.63, 3.8) is 0 Å². The van der Waals surface area contributed by atoms with Gasteiger partial charge < -0.3 is 5.32 Å². The average molecular weight is 233 g/mol. The summed E-state index contributed by atoms with van der Waals surface area (Å²) in [6, 6.07) is 6.65. The highest BCUT2D eigenvalue weighted by Gasteiger charge is 2.11. The topological polar surface area (TPSA) is 39.1 Å². The van der Waals surface area contributed by atoms with E-state index in [1.165, 1.54) is 6.07 Å². The number of nitrogens with zero attached hydrogens (tertiary/aromatic N) is 2. The van der Waals surface area contributed by atoms with E-state index in [0.717, 1.165) is 32.6 Å². The molecule has 1 N–H and O–H groups in total. The lowest BCUT2D eigenvalue weighted by atomic mass is 10.1. The van der Waals surface area contributed by atoms with Gasteiger partial charge >= 0.3 is 0 Å². The Labute approximate surface area is 101 Å². The fraction of sp³-hybridized carbons (Fsp3) is 0.462. The fourth-order valence-corrected chi connectivity index (χ4v) is 2.05. The van der Waals surface area contributed by atoms with E-state index in [4.69, 9.17) is 5.26 Å². The van der Waals surface area contributed by atoms with Crippen molar-refractivity contribution in [2.75, 3.05) is 26.2 Å². The van der Waals surface area contributed by atoms with Crippen LogP contribution in [0.15, 0.2) is 18.2 Å². The van der Waals surface area contributed by atoms with E-state index in [1.54, 1.807) is 12.1 Å². The smallest absolute Gasteiger partial charge is 0.129 e. The number of rotatable bonds is 2. The number of hydrogen-bond acceptors (Lipinski definition) is 3. The first-order valence-electron chi connectivity index (χ1n) is 5.91. The molecule has 0 atom stereocenters. The summed E-state index contributed by atoms with van der Waals surface area (Å²) in [5.74, 6) is -0.277. The van der Waals surface area contributed by atoms with E-state index in [2.05, 4.69) is 10.2 Å². The molecule has 1 heterocycles. The number of benzene rings is 1. The SMILES string of the molecule is N#Cc1ccc(CN2CCCNCC2)c(F)c1. The van der Waals surface area contributed by atoms with E-state index in [1.807, 2.05) is 6.07 Å². The summed E-state index contributed by atoms with van der Waals surface area (Å²) in [4.78, 5) is 2.24. The summed E-state index contributed by atoms with van der Waals surface area (Å²) in [5.41, 5.74) is 1.05. The quantitative estimate of drug-likeness (QED) is 0.841. The Bertz CT molecular complexity index is 417. The lowest BCUT2D eigenvalue weighted by molar-refractivity contribution is 0.280. The van der Waals surface area contributed by atoms with Crippen LogP contribution in [-0.2, 0) is 6.54 Å². The molecule has 1 aromatic rings. The van der Waals surface area contributed by atoms with E-state index in [0.29, 0.717) is 17.7 Å². The Balaban J connectivity index is 2.05. The van der Waals surface area contributed by atoms with Crippen LogP contribution in [0.4, 0.5) is 4.39 Å². The van der Waals surface area contributed by atoms with Crippen LogP contribution >= 0.6 is 0 Å². The molecule has 0 amide bonds. The summed E-state index contributed by atoms with van der Waals surface area (Å²) < 4.78 is 13.7. The minimum atomic E-state index is -0.277. The molecule has 1 aliphatic rings. The maximum atomic E-state index is 13.7. The highest BCUT2D eigenvalue weighted by molar-refractivity contribution is 5.32.